The molecule has 2 aliphatic rings. The first-order chi connectivity index (χ1) is 17.0. The molecule has 0 bridgehead atoms. The molecule has 10 nitrogen and oxygen atoms in total. The van der Waals surface area contributed by atoms with E-state index in [1.54, 1.807) is 12.1 Å². The third-order valence-electron chi connectivity index (χ3n) is 6.30. The van der Waals surface area contributed by atoms with E-state index < -0.39 is 11.9 Å². The van der Waals surface area contributed by atoms with Crippen LogP contribution in [0.25, 0.3) is 0 Å². The van der Waals surface area contributed by atoms with Crippen LogP contribution in [0.2, 0.25) is 0 Å². The van der Waals surface area contributed by atoms with Gasteiger partial charge >= 0.3 is 0 Å². The Bertz CT molecular complexity index is 1110. The molecule has 35 heavy (non-hydrogen) atoms. The summed E-state index contributed by atoms with van der Waals surface area (Å²) in [6.45, 7) is 3.38. The molecule has 4 amide bonds. The van der Waals surface area contributed by atoms with Crippen LogP contribution in [0, 0.1) is 0 Å². The lowest BCUT2D eigenvalue weighted by Crippen LogP contribution is -2.52. The maximum atomic E-state index is 12.7. The third kappa shape index (κ3) is 5.70. The van der Waals surface area contributed by atoms with Crippen LogP contribution in [-0.4, -0.2) is 52.7 Å². The molecule has 0 radical (unpaired) electrons. The van der Waals surface area contributed by atoms with E-state index in [1.165, 1.54) is 11.3 Å². The van der Waals surface area contributed by atoms with Crippen molar-refractivity contribution in [1.29, 1.82) is 0 Å². The van der Waals surface area contributed by atoms with Gasteiger partial charge in [-0.1, -0.05) is 19.8 Å². The van der Waals surface area contributed by atoms with Crippen molar-refractivity contribution in [2.45, 2.75) is 64.5 Å². The van der Waals surface area contributed by atoms with Gasteiger partial charge in [-0.2, -0.15) is 0 Å². The fourth-order valence-electron chi connectivity index (χ4n) is 4.40. The number of carbonyl (C=O) groups is 4. The largest absolute Gasteiger partial charge is 0.494 e. The highest BCUT2D eigenvalue weighted by molar-refractivity contribution is 6.05. The van der Waals surface area contributed by atoms with Crippen LogP contribution in [-0.2, 0) is 22.6 Å². The minimum Gasteiger partial charge on any atom is -0.494 e. The summed E-state index contributed by atoms with van der Waals surface area (Å²) in [5, 5.41) is 5.18. The second-order valence-corrected chi connectivity index (χ2v) is 8.72. The summed E-state index contributed by atoms with van der Waals surface area (Å²) in [5.41, 5.74) is 1.75. The van der Waals surface area contributed by atoms with Gasteiger partial charge in [0.15, 0.2) is 12.1 Å². The number of aromatic nitrogens is 1. The van der Waals surface area contributed by atoms with E-state index in [9.17, 15) is 19.2 Å². The molecule has 2 aromatic rings. The number of piperidine rings is 1. The highest BCUT2D eigenvalue weighted by atomic mass is 16.5. The zero-order valence-corrected chi connectivity index (χ0v) is 19.8. The smallest absolute Gasteiger partial charge is 0.273 e. The Hall–Kier alpha value is -3.69. The second kappa shape index (κ2) is 11.2. The predicted molar refractivity (Wildman–Crippen MR) is 125 cm³/mol. The number of amides is 4. The molecule has 1 saturated heterocycles. The molecule has 10 heteroatoms. The number of rotatable bonds is 11. The zero-order valence-electron chi connectivity index (χ0n) is 19.8. The van der Waals surface area contributed by atoms with Gasteiger partial charge in [0.2, 0.25) is 11.8 Å². The van der Waals surface area contributed by atoms with E-state index >= 15 is 0 Å². The molecule has 1 aromatic heterocycles. The number of aryl methyl sites for hydroxylation is 1. The van der Waals surface area contributed by atoms with Gasteiger partial charge in [-0.05, 0) is 43.0 Å². The summed E-state index contributed by atoms with van der Waals surface area (Å²) >= 11 is 0. The zero-order chi connectivity index (χ0) is 24.8. The Kier molecular flexibility index (Phi) is 7.79. The lowest BCUT2D eigenvalue weighted by atomic mass is 10.0. The molecule has 0 aliphatic carbocycles. The van der Waals surface area contributed by atoms with Gasteiger partial charge in [-0.15, -0.1) is 0 Å². The molecular weight excluding hydrogens is 452 g/mol. The lowest BCUT2D eigenvalue weighted by Gasteiger charge is -2.29. The standard InChI is InChI=1S/C25H30N4O6/c1-2-20-22(27-15-35-20)24(32)26-11-5-3-4-6-12-34-17-7-8-18-16(13-17)14-29(25(18)33)19-9-10-21(30)28-23(19)31/h7-8,13,15,19H,2-6,9-12,14H2,1H3,(H,26,32)(H,28,30,31). The van der Waals surface area contributed by atoms with E-state index in [2.05, 4.69) is 15.6 Å². The number of benzene rings is 1. The quantitative estimate of drug-likeness (QED) is 0.371. The number of imide groups is 1. The SMILES string of the molecule is CCc1ocnc1C(=O)NCCCCCCOc1ccc2c(c1)CN(C1CCC(=O)NC1=O)C2=O. The molecule has 0 saturated carbocycles. The van der Waals surface area contributed by atoms with Crippen LogP contribution < -0.4 is 15.4 Å². The van der Waals surface area contributed by atoms with Crippen LogP contribution in [0.15, 0.2) is 29.0 Å². The van der Waals surface area contributed by atoms with Crippen molar-refractivity contribution in [3.63, 3.8) is 0 Å². The minimum absolute atomic E-state index is 0.192. The van der Waals surface area contributed by atoms with Crippen LogP contribution in [0.1, 0.15) is 77.6 Å². The average molecular weight is 483 g/mol. The van der Waals surface area contributed by atoms with E-state index in [4.69, 9.17) is 9.15 Å². The van der Waals surface area contributed by atoms with Crippen molar-refractivity contribution in [1.82, 2.24) is 20.5 Å². The van der Waals surface area contributed by atoms with Crippen molar-refractivity contribution in [2.24, 2.45) is 0 Å². The fraction of sp³-hybridized carbons (Fsp3) is 0.480. The molecule has 1 fully saturated rings. The van der Waals surface area contributed by atoms with E-state index in [-0.39, 0.29) is 24.1 Å². The lowest BCUT2D eigenvalue weighted by molar-refractivity contribution is -0.136. The maximum Gasteiger partial charge on any atom is 0.273 e. The van der Waals surface area contributed by atoms with Gasteiger partial charge in [0.05, 0.1) is 6.61 Å². The normalized spacial score (nSPS) is 17.3. The summed E-state index contributed by atoms with van der Waals surface area (Å²) in [4.78, 5) is 53.9. The summed E-state index contributed by atoms with van der Waals surface area (Å²) in [5.74, 6) is 0.176. The Morgan fingerprint density at radius 1 is 1.23 bits per heavy atom. The van der Waals surface area contributed by atoms with E-state index in [0.717, 1.165) is 31.2 Å². The minimum atomic E-state index is -0.619. The first-order valence-electron chi connectivity index (χ1n) is 12.1. The summed E-state index contributed by atoms with van der Waals surface area (Å²) < 4.78 is 11.0. The predicted octanol–water partition coefficient (Wildman–Crippen LogP) is 2.37. The number of nitrogens with zero attached hydrogens (tertiary/aromatic N) is 2. The van der Waals surface area contributed by atoms with Gasteiger partial charge in [0.25, 0.3) is 11.8 Å². The number of fused-ring (bicyclic) bond motifs is 1. The van der Waals surface area contributed by atoms with Crippen molar-refractivity contribution in [2.75, 3.05) is 13.2 Å². The van der Waals surface area contributed by atoms with Gasteiger partial charge < -0.3 is 19.4 Å². The fourth-order valence-corrected chi connectivity index (χ4v) is 4.40. The van der Waals surface area contributed by atoms with Gasteiger partial charge in [0, 0.05) is 31.5 Å². The number of hydrogen-bond acceptors (Lipinski definition) is 7. The molecule has 1 unspecified atom stereocenters. The Labute approximate surface area is 203 Å². The van der Waals surface area contributed by atoms with Crippen LogP contribution in [0.3, 0.4) is 0 Å². The number of unbranched alkanes of at least 4 members (excludes halogenated alkanes) is 3. The molecule has 186 valence electrons. The van der Waals surface area contributed by atoms with Crippen molar-refractivity contribution in [3.05, 3.63) is 47.2 Å². The Morgan fingerprint density at radius 2 is 2.06 bits per heavy atom. The Balaban J connectivity index is 1.15. The van der Waals surface area contributed by atoms with Crippen molar-refractivity contribution < 1.29 is 28.3 Å². The third-order valence-corrected chi connectivity index (χ3v) is 6.30. The number of ether oxygens (including phenoxy) is 1. The molecule has 2 N–H and O–H groups in total. The molecule has 3 heterocycles. The molecule has 2 aliphatic heterocycles. The van der Waals surface area contributed by atoms with Crippen LogP contribution >= 0.6 is 0 Å². The molecular formula is C25H30N4O6. The van der Waals surface area contributed by atoms with Crippen molar-refractivity contribution in [3.8, 4) is 5.75 Å². The topological polar surface area (TPSA) is 131 Å². The summed E-state index contributed by atoms with van der Waals surface area (Å²) in [7, 11) is 0. The highest BCUT2D eigenvalue weighted by Gasteiger charge is 2.39. The number of carbonyl (C=O) groups excluding carboxylic acids is 4. The molecule has 1 aromatic carbocycles. The first-order valence-corrected chi connectivity index (χ1v) is 12.1. The Morgan fingerprint density at radius 3 is 2.86 bits per heavy atom. The van der Waals surface area contributed by atoms with Gasteiger partial charge in [-0.25, -0.2) is 4.98 Å². The number of nitrogens with one attached hydrogen (secondary N) is 2. The maximum absolute atomic E-state index is 12.7. The van der Waals surface area contributed by atoms with Gasteiger partial charge in [0.1, 0.15) is 17.6 Å². The van der Waals surface area contributed by atoms with Crippen LogP contribution in [0.5, 0.6) is 5.75 Å². The summed E-state index contributed by atoms with van der Waals surface area (Å²) in [6.07, 6.45) is 6.16. The van der Waals surface area contributed by atoms with Crippen molar-refractivity contribution >= 4 is 23.6 Å². The summed E-state index contributed by atoms with van der Waals surface area (Å²) in [6, 6.07) is 4.74. The highest BCUT2D eigenvalue weighted by Crippen LogP contribution is 2.30. The second-order valence-electron chi connectivity index (χ2n) is 8.72. The van der Waals surface area contributed by atoms with Crippen LogP contribution in [0.4, 0.5) is 0 Å². The van der Waals surface area contributed by atoms with Gasteiger partial charge in [-0.3, -0.25) is 24.5 Å². The first kappa shape index (κ1) is 24.4. The average Bonchev–Trinajstić information content (AvgIpc) is 3.45. The molecule has 0 spiro atoms. The molecule has 4 rings (SSSR count). The number of hydrogen-bond donors (Lipinski definition) is 2. The van der Waals surface area contributed by atoms with E-state index in [0.29, 0.717) is 55.3 Å². The molecule has 1 atom stereocenters. The monoisotopic (exact) mass is 482 g/mol. The number of oxazole rings is 1. The van der Waals surface area contributed by atoms with E-state index in [1.807, 2.05) is 13.0 Å².